The summed E-state index contributed by atoms with van der Waals surface area (Å²) in [4.78, 5) is 2.42. The van der Waals surface area contributed by atoms with Gasteiger partial charge in [-0.05, 0) is 24.0 Å². The number of nitrogens with zero attached hydrogens (tertiary/aromatic N) is 3. The van der Waals surface area contributed by atoms with Crippen LogP contribution in [0.2, 0.25) is 0 Å². The van der Waals surface area contributed by atoms with Crippen LogP contribution in [0.5, 0.6) is 0 Å². The number of aryl methyl sites for hydroxylation is 2. The minimum atomic E-state index is 1.00. The molecule has 0 amide bonds. The van der Waals surface area contributed by atoms with Gasteiger partial charge in [0, 0.05) is 26.3 Å². The Morgan fingerprint density at radius 3 is 2.76 bits per heavy atom. The van der Waals surface area contributed by atoms with Gasteiger partial charge in [-0.1, -0.05) is 24.3 Å². The van der Waals surface area contributed by atoms with Crippen molar-refractivity contribution in [2.45, 2.75) is 19.4 Å². The van der Waals surface area contributed by atoms with Gasteiger partial charge in [0.05, 0.1) is 11.9 Å². The number of fused-ring (bicyclic) bond motifs is 1. The SMILES string of the molecule is Cn1cc(N2CCCc3ccccc3C2)cn1. The highest BCUT2D eigenvalue weighted by Crippen LogP contribution is 2.23. The van der Waals surface area contributed by atoms with E-state index in [0.29, 0.717) is 0 Å². The first-order chi connectivity index (χ1) is 8.33. The fourth-order valence-corrected chi connectivity index (χ4v) is 2.49. The highest BCUT2D eigenvalue weighted by Gasteiger charge is 2.15. The second kappa shape index (κ2) is 4.24. The van der Waals surface area contributed by atoms with Gasteiger partial charge in [-0.3, -0.25) is 4.68 Å². The zero-order valence-corrected chi connectivity index (χ0v) is 10.1. The molecule has 3 rings (SSSR count). The molecule has 0 bridgehead atoms. The van der Waals surface area contributed by atoms with Crippen molar-refractivity contribution < 1.29 is 0 Å². The molecule has 0 fully saturated rings. The van der Waals surface area contributed by atoms with Crippen LogP contribution in [0.15, 0.2) is 36.7 Å². The van der Waals surface area contributed by atoms with E-state index in [1.165, 1.54) is 29.7 Å². The molecule has 0 spiro atoms. The van der Waals surface area contributed by atoms with Gasteiger partial charge in [-0.15, -0.1) is 0 Å². The maximum absolute atomic E-state index is 4.25. The highest BCUT2D eigenvalue weighted by atomic mass is 15.3. The third-order valence-corrected chi connectivity index (χ3v) is 3.41. The quantitative estimate of drug-likeness (QED) is 0.745. The van der Waals surface area contributed by atoms with Gasteiger partial charge < -0.3 is 4.90 Å². The summed E-state index contributed by atoms with van der Waals surface area (Å²) in [6, 6.07) is 8.76. The molecule has 1 aromatic heterocycles. The molecule has 0 aliphatic carbocycles. The molecule has 0 N–H and O–H groups in total. The van der Waals surface area contributed by atoms with E-state index in [-0.39, 0.29) is 0 Å². The normalized spacial score (nSPS) is 15.5. The average molecular weight is 227 g/mol. The van der Waals surface area contributed by atoms with Crippen LogP contribution < -0.4 is 4.90 Å². The van der Waals surface area contributed by atoms with Crippen molar-refractivity contribution >= 4 is 5.69 Å². The average Bonchev–Trinajstić information content (AvgIpc) is 2.65. The molecule has 3 nitrogen and oxygen atoms in total. The first kappa shape index (κ1) is 10.4. The molecule has 88 valence electrons. The van der Waals surface area contributed by atoms with Crippen molar-refractivity contribution in [3.05, 3.63) is 47.8 Å². The predicted molar refractivity (Wildman–Crippen MR) is 69.0 cm³/mol. The minimum Gasteiger partial charge on any atom is -0.365 e. The van der Waals surface area contributed by atoms with Crippen LogP contribution in [-0.4, -0.2) is 16.3 Å². The van der Waals surface area contributed by atoms with Gasteiger partial charge >= 0.3 is 0 Å². The standard InChI is InChI=1S/C14H17N3/c1-16-11-14(9-15-16)17-8-4-7-12-5-2-3-6-13(12)10-17/h2-3,5-6,9,11H,4,7-8,10H2,1H3. The van der Waals surface area contributed by atoms with Crippen molar-refractivity contribution in [1.29, 1.82) is 0 Å². The van der Waals surface area contributed by atoms with Gasteiger partial charge in [0.25, 0.3) is 0 Å². The molecule has 0 unspecified atom stereocenters. The summed E-state index contributed by atoms with van der Waals surface area (Å²) in [6.07, 6.45) is 6.45. The van der Waals surface area contributed by atoms with Crippen molar-refractivity contribution in [2.24, 2.45) is 7.05 Å². The molecular weight excluding hydrogens is 210 g/mol. The van der Waals surface area contributed by atoms with Gasteiger partial charge in [0.2, 0.25) is 0 Å². The Balaban J connectivity index is 1.90. The lowest BCUT2D eigenvalue weighted by Gasteiger charge is -2.20. The summed E-state index contributed by atoms with van der Waals surface area (Å²) in [5, 5.41) is 4.25. The van der Waals surface area contributed by atoms with Crippen molar-refractivity contribution in [3.63, 3.8) is 0 Å². The van der Waals surface area contributed by atoms with Crippen LogP contribution in [0.25, 0.3) is 0 Å². The lowest BCUT2D eigenvalue weighted by molar-refractivity contribution is 0.757. The summed E-state index contributed by atoms with van der Waals surface area (Å²) in [5.74, 6) is 0. The Morgan fingerprint density at radius 1 is 1.18 bits per heavy atom. The molecule has 0 radical (unpaired) electrons. The molecule has 2 aromatic rings. The fraction of sp³-hybridized carbons (Fsp3) is 0.357. The van der Waals surface area contributed by atoms with Gasteiger partial charge in [-0.2, -0.15) is 5.10 Å². The fourth-order valence-electron chi connectivity index (χ4n) is 2.49. The van der Waals surface area contributed by atoms with E-state index >= 15 is 0 Å². The third-order valence-electron chi connectivity index (χ3n) is 3.41. The largest absolute Gasteiger partial charge is 0.365 e. The molecule has 1 aromatic carbocycles. The number of rotatable bonds is 1. The van der Waals surface area contributed by atoms with E-state index in [2.05, 4.69) is 40.5 Å². The topological polar surface area (TPSA) is 21.1 Å². The van der Waals surface area contributed by atoms with E-state index in [0.717, 1.165) is 13.1 Å². The molecule has 2 heterocycles. The van der Waals surface area contributed by atoms with Crippen LogP contribution in [0.1, 0.15) is 17.5 Å². The number of anilines is 1. The Bertz CT molecular complexity index is 516. The molecule has 1 aliphatic heterocycles. The van der Waals surface area contributed by atoms with Crippen molar-refractivity contribution in [1.82, 2.24) is 9.78 Å². The monoisotopic (exact) mass is 227 g/mol. The number of hydrogen-bond donors (Lipinski definition) is 0. The highest BCUT2D eigenvalue weighted by molar-refractivity contribution is 5.45. The van der Waals surface area contributed by atoms with Gasteiger partial charge in [0.1, 0.15) is 0 Å². The van der Waals surface area contributed by atoms with E-state index in [1.807, 2.05) is 17.9 Å². The maximum Gasteiger partial charge on any atom is 0.0755 e. The summed E-state index contributed by atoms with van der Waals surface area (Å²) in [6.45, 7) is 2.11. The second-order valence-corrected chi connectivity index (χ2v) is 4.67. The molecule has 0 saturated carbocycles. The molecule has 0 saturated heterocycles. The van der Waals surface area contributed by atoms with Crippen molar-refractivity contribution in [2.75, 3.05) is 11.4 Å². The van der Waals surface area contributed by atoms with Crippen LogP contribution >= 0.6 is 0 Å². The first-order valence-corrected chi connectivity index (χ1v) is 6.13. The maximum atomic E-state index is 4.25. The molecule has 3 heteroatoms. The second-order valence-electron chi connectivity index (χ2n) is 4.67. The number of benzene rings is 1. The van der Waals surface area contributed by atoms with Gasteiger partial charge in [0.15, 0.2) is 0 Å². The molecule has 1 aliphatic rings. The Morgan fingerprint density at radius 2 is 2.00 bits per heavy atom. The zero-order valence-electron chi connectivity index (χ0n) is 10.1. The Kier molecular flexibility index (Phi) is 2.59. The van der Waals surface area contributed by atoms with Crippen LogP contribution in [0.4, 0.5) is 5.69 Å². The summed E-state index contributed by atoms with van der Waals surface area (Å²) >= 11 is 0. The Hall–Kier alpha value is -1.77. The molecule has 17 heavy (non-hydrogen) atoms. The molecular formula is C14H17N3. The number of aromatic nitrogens is 2. The van der Waals surface area contributed by atoms with Gasteiger partial charge in [-0.25, -0.2) is 0 Å². The van der Waals surface area contributed by atoms with E-state index in [9.17, 15) is 0 Å². The van der Waals surface area contributed by atoms with Crippen molar-refractivity contribution in [3.8, 4) is 0 Å². The number of hydrogen-bond acceptors (Lipinski definition) is 2. The first-order valence-electron chi connectivity index (χ1n) is 6.13. The summed E-state index contributed by atoms with van der Waals surface area (Å²) < 4.78 is 1.87. The smallest absolute Gasteiger partial charge is 0.0755 e. The molecule has 0 atom stereocenters. The van der Waals surface area contributed by atoms with E-state index in [4.69, 9.17) is 0 Å². The van der Waals surface area contributed by atoms with E-state index in [1.54, 1.807) is 0 Å². The predicted octanol–water partition coefficient (Wildman–Crippen LogP) is 2.37. The lowest BCUT2D eigenvalue weighted by atomic mass is 10.0. The van der Waals surface area contributed by atoms with E-state index < -0.39 is 0 Å². The summed E-state index contributed by atoms with van der Waals surface area (Å²) in [5.41, 5.74) is 4.18. The van der Waals surface area contributed by atoms with Crippen LogP contribution in [-0.2, 0) is 20.0 Å². The minimum absolute atomic E-state index is 1.00. The Labute approximate surface area is 102 Å². The summed E-state index contributed by atoms with van der Waals surface area (Å²) in [7, 11) is 1.97. The zero-order chi connectivity index (χ0) is 11.7. The van der Waals surface area contributed by atoms with Crippen LogP contribution in [0, 0.1) is 0 Å². The lowest BCUT2D eigenvalue weighted by Crippen LogP contribution is -2.21. The third kappa shape index (κ3) is 2.05. The van der Waals surface area contributed by atoms with Crippen LogP contribution in [0.3, 0.4) is 0 Å².